The molecule has 1 aliphatic heterocycles. The molecule has 21 heavy (non-hydrogen) atoms. The van der Waals surface area contributed by atoms with Crippen LogP contribution in [-0.2, 0) is 20.8 Å². The van der Waals surface area contributed by atoms with Crippen molar-refractivity contribution in [3.05, 3.63) is 34.9 Å². The summed E-state index contributed by atoms with van der Waals surface area (Å²) in [6.45, 7) is 0.650. The summed E-state index contributed by atoms with van der Waals surface area (Å²) < 4.78 is 0. The molecule has 112 valence electrons. The van der Waals surface area contributed by atoms with E-state index in [4.69, 9.17) is 16.7 Å². The normalized spacial score (nSPS) is 18.2. The molecule has 1 heterocycles. The van der Waals surface area contributed by atoms with Crippen molar-refractivity contribution in [3.8, 4) is 0 Å². The van der Waals surface area contributed by atoms with Crippen molar-refractivity contribution in [1.82, 2.24) is 10.2 Å². The molecular formula is C14H15ClN2O4. The lowest BCUT2D eigenvalue weighted by atomic mass is 10.1. The lowest BCUT2D eigenvalue weighted by molar-refractivity contribution is -0.148. The van der Waals surface area contributed by atoms with Crippen LogP contribution >= 0.6 is 11.6 Å². The molecule has 6 nitrogen and oxygen atoms in total. The van der Waals surface area contributed by atoms with E-state index >= 15 is 0 Å². The summed E-state index contributed by atoms with van der Waals surface area (Å²) in [5.74, 6) is -1.80. The van der Waals surface area contributed by atoms with Crippen LogP contribution in [-0.4, -0.2) is 46.9 Å². The summed E-state index contributed by atoms with van der Waals surface area (Å²) in [5.41, 5.74) is 0.768. The maximum Gasteiger partial charge on any atom is 0.305 e. The summed E-state index contributed by atoms with van der Waals surface area (Å²) in [6, 6.07) is 5.88. The second-order valence-electron chi connectivity index (χ2n) is 4.80. The Balaban J connectivity index is 2.09. The van der Waals surface area contributed by atoms with E-state index in [1.54, 1.807) is 24.3 Å². The topological polar surface area (TPSA) is 86.7 Å². The van der Waals surface area contributed by atoms with Crippen molar-refractivity contribution < 1.29 is 19.5 Å². The summed E-state index contributed by atoms with van der Waals surface area (Å²) in [6.07, 6.45) is -0.279. The lowest BCUT2D eigenvalue weighted by Gasteiger charge is -2.34. The van der Waals surface area contributed by atoms with Crippen LogP contribution in [0.4, 0.5) is 0 Å². The Morgan fingerprint density at radius 2 is 2.00 bits per heavy atom. The molecule has 1 atom stereocenters. The fourth-order valence-electron chi connectivity index (χ4n) is 2.26. The molecule has 0 radical (unpaired) electrons. The predicted octanol–water partition coefficient (Wildman–Crippen LogP) is 0.684. The van der Waals surface area contributed by atoms with Crippen molar-refractivity contribution in [1.29, 1.82) is 0 Å². The molecule has 1 aliphatic rings. The summed E-state index contributed by atoms with van der Waals surface area (Å²) in [4.78, 5) is 36.2. The van der Waals surface area contributed by atoms with Gasteiger partial charge in [-0.05, 0) is 17.7 Å². The lowest BCUT2D eigenvalue weighted by Crippen LogP contribution is -2.58. The minimum atomic E-state index is -1.11. The van der Waals surface area contributed by atoms with Gasteiger partial charge in [0.25, 0.3) is 0 Å². The second kappa shape index (κ2) is 6.58. The zero-order valence-corrected chi connectivity index (χ0v) is 12.0. The average Bonchev–Trinajstić information content (AvgIpc) is 2.43. The number of amides is 2. The van der Waals surface area contributed by atoms with Crippen LogP contribution in [0.25, 0.3) is 0 Å². The van der Waals surface area contributed by atoms with E-state index in [1.807, 2.05) is 0 Å². The Kier molecular flexibility index (Phi) is 4.80. The maximum atomic E-state index is 12.3. The minimum absolute atomic E-state index is 0.112. The molecule has 0 saturated carbocycles. The highest BCUT2D eigenvalue weighted by molar-refractivity contribution is 6.30. The van der Waals surface area contributed by atoms with Crippen molar-refractivity contribution in [2.24, 2.45) is 0 Å². The molecule has 7 heteroatoms. The van der Waals surface area contributed by atoms with Crippen LogP contribution in [0.3, 0.4) is 0 Å². The predicted molar refractivity (Wildman–Crippen MR) is 75.9 cm³/mol. The van der Waals surface area contributed by atoms with Crippen LogP contribution in [0.5, 0.6) is 0 Å². The number of nitrogens with one attached hydrogen (secondary N) is 1. The summed E-state index contributed by atoms with van der Waals surface area (Å²) >= 11 is 5.78. The molecule has 0 spiro atoms. The number of rotatable bonds is 4. The van der Waals surface area contributed by atoms with Gasteiger partial charge < -0.3 is 15.3 Å². The van der Waals surface area contributed by atoms with Gasteiger partial charge in [-0.15, -0.1) is 0 Å². The second-order valence-corrected chi connectivity index (χ2v) is 5.23. The van der Waals surface area contributed by atoms with Crippen LogP contribution < -0.4 is 5.32 Å². The van der Waals surface area contributed by atoms with Crippen LogP contribution in [0.2, 0.25) is 5.02 Å². The number of carboxylic acids is 1. The Morgan fingerprint density at radius 3 is 2.62 bits per heavy atom. The van der Waals surface area contributed by atoms with Gasteiger partial charge in [0.15, 0.2) is 0 Å². The number of benzene rings is 1. The highest BCUT2D eigenvalue weighted by atomic mass is 35.5. The van der Waals surface area contributed by atoms with E-state index in [-0.39, 0.29) is 12.3 Å². The largest absolute Gasteiger partial charge is 0.481 e. The number of carbonyl (C=O) groups excluding carboxylic acids is 2. The molecule has 1 aromatic rings. The van der Waals surface area contributed by atoms with Crippen LogP contribution in [0.1, 0.15) is 12.0 Å². The molecule has 0 aliphatic carbocycles. The highest BCUT2D eigenvalue weighted by Gasteiger charge is 2.34. The van der Waals surface area contributed by atoms with Crippen LogP contribution in [0.15, 0.2) is 24.3 Å². The Bertz CT molecular complexity index is 559. The van der Waals surface area contributed by atoms with Gasteiger partial charge in [-0.3, -0.25) is 14.4 Å². The summed E-state index contributed by atoms with van der Waals surface area (Å²) in [7, 11) is 0. The molecule has 2 N–H and O–H groups in total. The molecule has 1 aromatic carbocycles. The number of piperazine rings is 1. The van der Waals surface area contributed by atoms with Gasteiger partial charge in [-0.1, -0.05) is 23.7 Å². The minimum Gasteiger partial charge on any atom is -0.481 e. The van der Waals surface area contributed by atoms with Gasteiger partial charge in [-0.2, -0.15) is 0 Å². The first kappa shape index (κ1) is 15.3. The molecule has 2 amide bonds. The van der Waals surface area contributed by atoms with E-state index in [9.17, 15) is 14.4 Å². The van der Waals surface area contributed by atoms with E-state index in [2.05, 4.69) is 5.32 Å². The third-order valence-corrected chi connectivity index (χ3v) is 3.54. The van der Waals surface area contributed by atoms with Gasteiger partial charge in [-0.25, -0.2) is 0 Å². The van der Waals surface area contributed by atoms with Gasteiger partial charge in [0.2, 0.25) is 11.8 Å². The SMILES string of the molecule is O=C(O)CC1C(=O)NCCN1C(=O)Cc1ccc(Cl)cc1. The molecule has 2 rings (SSSR count). The van der Waals surface area contributed by atoms with Gasteiger partial charge in [0.1, 0.15) is 6.04 Å². The molecular weight excluding hydrogens is 296 g/mol. The first-order chi connectivity index (χ1) is 9.97. The number of carboxylic acid groups (broad SMARTS) is 1. The third kappa shape index (κ3) is 3.95. The Hall–Kier alpha value is -2.08. The Labute approximate surface area is 126 Å². The fourth-order valence-corrected chi connectivity index (χ4v) is 2.39. The quantitative estimate of drug-likeness (QED) is 0.856. The molecule has 1 fully saturated rings. The standard InChI is InChI=1S/C14H15ClN2O4/c15-10-3-1-9(2-4-10)7-12(18)17-6-5-16-14(21)11(17)8-13(19)20/h1-4,11H,5-8H2,(H,16,21)(H,19,20). The van der Waals surface area contributed by atoms with Gasteiger partial charge >= 0.3 is 5.97 Å². The van der Waals surface area contributed by atoms with Crippen molar-refractivity contribution in [2.45, 2.75) is 18.9 Å². The molecule has 1 saturated heterocycles. The monoisotopic (exact) mass is 310 g/mol. The first-order valence-electron chi connectivity index (χ1n) is 6.51. The maximum absolute atomic E-state index is 12.3. The molecule has 0 aromatic heterocycles. The number of hydrogen-bond donors (Lipinski definition) is 2. The van der Waals surface area contributed by atoms with Gasteiger partial charge in [0.05, 0.1) is 12.8 Å². The number of carbonyl (C=O) groups is 3. The van der Waals surface area contributed by atoms with Crippen molar-refractivity contribution >= 4 is 29.4 Å². The zero-order chi connectivity index (χ0) is 15.4. The number of aliphatic carboxylic acids is 1. The third-order valence-electron chi connectivity index (χ3n) is 3.29. The van der Waals surface area contributed by atoms with Crippen molar-refractivity contribution in [2.75, 3.05) is 13.1 Å². The Morgan fingerprint density at radius 1 is 1.33 bits per heavy atom. The highest BCUT2D eigenvalue weighted by Crippen LogP contribution is 2.14. The van der Waals surface area contributed by atoms with E-state index in [0.717, 1.165) is 5.56 Å². The number of halogens is 1. The van der Waals surface area contributed by atoms with E-state index in [1.165, 1.54) is 4.90 Å². The van der Waals surface area contributed by atoms with E-state index in [0.29, 0.717) is 18.1 Å². The summed E-state index contributed by atoms with van der Waals surface area (Å²) in [5, 5.41) is 12.0. The number of hydrogen-bond acceptors (Lipinski definition) is 3. The first-order valence-corrected chi connectivity index (χ1v) is 6.88. The van der Waals surface area contributed by atoms with Crippen molar-refractivity contribution in [3.63, 3.8) is 0 Å². The fraction of sp³-hybridized carbons (Fsp3) is 0.357. The van der Waals surface area contributed by atoms with Crippen LogP contribution in [0, 0.1) is 0 Å². The number of nitrogens with zero attached hydrogens (tertiary/aromatic N) is 1. The van der Waals surface area contributed by atoms with Gasteiger partial charge in [0, 0.05) is 18.1 Å². The smallest absolute Gasteiger partial charge is 0.305 e. The average molecular weight is 311 g/mol. The van der Waals surface area contributed by atoms with E-state index < -0.39 is 24.3 Å². The zero-order valence-electron chi connectivity index (χ0n) is 11.2. The molecule has 0 bridgehead atoms. The molecule has 1 unspecified atom stereocenters.